The molecule has 6 nitrogen and oxygen atoms in total. The highest BCUT2D eigenvalue weighted by molar-refractivity contribution is 7.11. The highest BCUT2D eigenvalue weighted by Crippen LogP contribution is 2.30. The SMILES string of the molecule is CCc1nc(C)c([C@@H](C)N(C)Cc2coc(-c3ccc(C(=O)OC)cc3)n2)s1. The van der Waals surface area contributed by atoms with Crippen molar-refractivity contribution in [3.63, 3.8) is 0 Å². The van der Waals surface area contributed by atoms with E-state index in [-0.39, 0.29) is 12.0 Å². The molecule has 0 saturated carbocycles. The molecule has 7 heteroatoms. The van der Waals surface area contributed by atoms with Crippen molar-refractivity contribution in [1.82, 2.24) is 14.9 Å². The Morgan fingerprint density at radius 2 is 2.00 bits per heavy atom. The zero-order chi connectivity index (χ0) is 20.3. The fourth-order valence-corrected chi connectivity index (χ4v) is 4.10. The summed E-state index contributed by atoms with van der Waals surface area (Å²) in [6, 6.07) is 7.27. The Kier molecular flexibility index (Phi) is 6.26. The number of thiazole rings is 1. The van der Waals surface area contributed by atoms with E-state index < -0.39 is 0 Å². The highest BCUT2D eigenvalue weighted by atomic mass is 32.1. The van der Waals surface area contributed by atoms with Crippen LogP contribution < -0.4 is 0 Å². The van der Waals surface area contributed by atoms with E-state index in [2.05, 4.69) is 42.7 Å². The van der Waals surface area contributed by atoms with E-state index >= 15 is 0 Å². The second kappa shape index (κ2) is 8.67. The number of hydrogen-bond donors (Lipinski definition) is 0. The zero-order valence-corrected chi connectivity index (χ0v) is 17.7. The Morgan fingerprint density at radius 3 is 2.61 bits per heavy atom. The first-order valence-electron chi connectivity index (χ1n) is 9.22. The molecule has 1 atom stereocenters. The van der Waals surface area contributed by atoms with Gasteiger partial charge in [-0.3, -0.25) is 4.90 Å². The van der Waals surface area contributed by atoms with Gasteiger partial charge in [0.05, 0.1) is 29.1 Å². The van der Waals surface area contributed by atoms with Crippen LogP contribution in [0.25, 0.3) is 11.5 Å². The fraction of sp³-hybridized carbons (Fsp3) is 0.381. The Hall–Kier alpha value is -2.51. The van der Waals surface area contributed by atoms with E-state index in [1.807, 2.05) is 0 Å². The number of esters is 1. The largest absolute Gasteiger partial charge is 0.465 e. The number of methoxy groups -OCH3 is 1. The molecular formula is C21H25N3O3S. The predicted molar refractivity (Wildman–Crippen MR) is 109 cm³/mol. The molecule has 0 radical (unpaired) electrons. The number of carbonyl (C=O) groups excluding carboxylic acids is 1. The number of ether oxygens (including phenoxy) is 1. The summed E-state index contributed by atoms with van der Waals surface area (Å²) in [7, 11) is 3.44. The summed E-state index contributed by atoms with van der Waals surface area (Å²) in [6.07, 6.45) is 2.65. The average Bonchev–Trinajstić information content (AvgIpc) is 3.33. The first-order valence-corrected chi connectivity index (χ1v) is 10.0. The van der Waals surface area contributed by atoms with Crippen LogP contribution in [0, 0.1) is 6.92 Å². The molecule has 0 spiro atoms. The van der Waals surface area contributed by atoms with Crippen LogP contribution in [0.3, 0.4) is 0 Å². The first kappa shape index (κ1) is 20.2. The van der Waals surface area contributed by atoms with Crippen molar-refractivity contribution in [1.29, 1.82) is 0 Å². The van der Waals surface area contributed by atoms with Crippen LogP contribution in [-0.2, 0) is 17.7 Å². The van der Waals surface area contributed by atoms with Gasteiger partial charge < -0.3 is 9.15 Å². The van der Waals surface area contributed by atoms with Crippen molar-refractivity contribution in [2.24, 2.45) is 0 Å². The van der Waals surface area contributed by atoms with Crippen LogP contribution in [0.5, 0.6) is 0 Å². The van der Waals surface area contributed by atoms with Crippen molar-refractivity contribution < 1.29 is 13.9 Å². The van der Waals surface area contributed by atoms with Gasteiger partial charge in [-0.25, -0.2) is 14.8 Å². The molecule has 0 N–H and O–H groups in total. The third kappa shape index (κ3) is 4.31. The van der Waals surface area contributed by atoms with Gasteiger partial charge in [0.2, 0.25) is 5.89 Å². The third-order valence-electron chi connectivity index (χ3n) is 4.74. The maximum atomic E-state index is 11.5. The van der Waals surface area contributed by atoms with Crippen LogP contribution >= 0.6 is 11.3 Å². The standard InChI is InChI=1S/C21H25N3O3S/c1-6-18-22-13(2)19(28-18)14(3)24(4)11-17-12-27-20(23-17)15-7-9-16(10-8-15)21(25)26-5/h7-10,12,14H,6,11H2,1-5H3/t14-/m1/s1. The van der Waals surface area contributed by atoms with Gasteiger partial charge in [0.1, 0.15) is 6.26 Å². The quantitative estimate of drug-likeness (QED) is 0.539. The van der Waals surface area contributed by atoms with Crippen LogP contribution in [0.4, 0.5) is 0 Å². The third-order valence-corrected chi connectivity index (χ3v) is 6.21. The molecule has 28 heavy (non-hydrogen) atoms. The molecule has 148 valence electrons. The Balaban J connectivity index is 1.69. The summed E-state index contributed by atoms with van der Waals surface area (Å²) in [5, 5.41) is 1.17. The minimum atomic E-state index is -0.361. The lowest BCUT2D eigenvalue weighted by Gasteiger charge is -2.23. The Bertz CT molecular complexity index is 946. The van der Waals surface area contributed by atoms with E-state index in [1.165, 1.54) is 17.0 Å². The molecule has 1 aromatic carbocycles. The number of rotatable bonds is 7. The van der Waals surface area contributed by atoms with Gasteiger partial charge >= 0.3 is 5.97 Å². The first-order chi connectivity index (χ1) is 13.4. The lowest BCUT2D eigenvalue weighted by atomic mass is 10.1. The van der Waals surface area contributed by atoms with Gasteiger partial charge in [0.15, 0.2) is 0 Å². The number of aromatic nitrogens is 2. The van der Waals surface area contributed by atoms with Crippen molar-refractivity contribution >= 4 is 17.3 Å². The van der Waals surface area contributed by atoms with Crippen molar-refractivity contribution in [2.75, 3.05) is 14.2 Å². The molecule has 3 rings (SSSR count). The Morgan fingerprint density at radius 1 is 1.29 bits per heavy atom. The minimum Gasteiger partial charge on any atom is -0.465 e. The van der Waals surface area contributed by atoms with E-state index in [1.54, 1.807) is 41.9 Å². The minimum absolute atomic E-state index is 0.247. The van der Waals surface area contributed by atoms with E-state index in [0.717, 1.165) is 23.4 Å². The van der Waals surface area contributed by atoms with Crippen LogP contribution in [-0.4, -0.2) is 35.0 Å². The van der Waals surface area contributed by atoms with Crippen molar-refractivity contribution in [3.05, 3.63) is 57.4 Å². The molecular weight excluding hydrogens is 374 g/mol. The van der Waals surface area contributed by atoms with Gasteiger partial charge in [-0.05, 0) is 51.6 Å². The number of hydrogen-bond acceptors (Lipinski definition) is 7. The summed E-state index contributed by atoms with van der Waals surface area (Å²) in [4.78, 5) is 24.3. The second-order valence-corrected chi connectivity index (χ2v) is 7.83. The average molecular weight is 400 g/mol. The number of aryl methyl sites for hydroxylation is 2. The summed E-state index contributed by atoms with van der Waals surface area (Å²) in [6.45, 7) is 7.06. The monoisotopic (exact) mass is 399 g/mol. The van der Waals surface area contributed by atoms with E-state index in [0.29, 0.717) is 18.0 Å². The molecule has 0 amide bonds. The molecule has 0 saturated heterocycles. The number of nitrogens with zero attached hydrogens (tertiary/aromatic N) is 3. The molecule has 2 aromatic heterocycles. The molecule has 0 fully saturated rings. The number of oxazole rings is 1. The topological polar surface area (TPSA) is 68.5 Å². The van der Waals surface area contributed by atoms with E-state index in [9.17, 15) is 4.79 Å². The highest BCUT2D eigenvalue weighted by Gasteiger charge is 2.19. The maximum absolute atomic E-state index is 11.5. The van der Waals surface area contributed by atoms with E-state index in [4.69, 9.17) is 9.15 Å². The summed E-state index contributed by atoms with van der Waals surface area (Å²) in [5.74, 6) is 0.176. The van der Waals surface area contributed by atoms with Gasteiger partial charge in [0.25, 0.3) is 0 Å². The zero-order valence-electron chi connectivity index (χ0n) is 16.9. The van der Waals surface area contributed by atoms with Crippen LogP contribution in [0.15, 0.2) is 34.9 Å². The van der Waals surface area contributed by atoms with Gasteiger partial charge in [-0.2, -0.15) is 0 Å². The summed E-state index contributed by atoms with van der Waals surface area (Å²) >= 11 is 1.78. The molecule has 0 aliphatic rings. The van der Waals surface area contributed by atoms with Gasteiger partial charge in [-0.1, -0.05) is 6.92 Å². The van der Waals surface area contributed by atoms with Crippen molar-refractivity contribution in [3.8, 4) is 11.5 Å². The normalized spacial score (nSPS) is 12.4. The maximum Gasteiger partial charge on any atom is 0.337 e. The summed E-state index contributed by atoms with van der Waals surface area (Å²) in [5.41, 5.74) is 3.28. The molecule has 0 aliphatic carbocycles. The van der Waals surface area contributed by atoms with Crippen molar-refractivity contribution in [2.45, 2.75) is 39.8 Å². The van der Waals surface area contributed by atoms with Crippen LogP contribution in [0.2, 0.25) is 0 Å². The predicted octanol–water partition coefficient (Wildman–Crippen LogP) is 4.65. The molecule has 3 aromatic rings. The van der Waals surface area contributed by atoms with Gasteiger partial charge in [0, 0.05) is 23.0 Å². The molecule has 2 heterocycles. The summed E-state index contributed by atoms with van der Waals surface area (Å²) < 4.78 is 10.4. The fourth-order valence-electron chi connectivity index (χ4n) is 2.98. The lowest BCUT2D eigenvalue weighted by Crippen LogP contribution is -2.22. The number of benzene rings is 1. The second-order valence-electron chi connectivity index (χ2n) is 6.71. The molecule has 0 bridgehead atoms. The Labute approximate surface area is 169 Å². The van der Waals surface area contributed by atoms with Crippen LogP contribution in [0.1, 0.15) is 51.5 Å². The smallest absolute Gasteiger partial charge is 0.337 e. The number of carbonyl (C=O) groups is 1. The molecule has 0 aliphatic heterocycles. The lowest BCUT2D eigenvalue weighted by molar-refractivity contribution is 0.0600. The molecule has 0 unspecified atom stereocenters. The van der Waals surface area contributed by atoms with Gasteiger partial charge in [-0.15, -0.1) is 11.3 Å².